The molecule has 0 saturated carbocycles. The highest BCUT2D eigenvalue weighted by Crippen LogP contribution is 2.39. The topological polar surface area (TPSA) is 66.0 Å². The molecule has 0 aromatic heterocycles. The Hall–Kier alpha value is -1.83. The lowest BCUT2D eigenvalue weighted by molar-refractivity contribution is 0.00578. The van der Waals surface area contributed by atoms with Gasteiger partial charge in [-0.25, -0.2) is 4.79 Å². The summed E-state index contributed by atoms with van der Waals surface area (Å²) in [5.74, 6) is 0.179. The number of rotatable bonds is 6. The SMILES string of the molecule is CNCC(=Cc1ccc(C(=O)OC)cc1OC)B1OC(C)(C)C(C)(C)O1. The number of carbonyl (C=O) groups is 1. The van der Waals surface area contributed by atoms with Gasteiger partial charge in [0.15, 0.2) is 0 Å². The summed E-state index contributed by atoms with van der Waals surface area (Å²) in [5.41, 5.74) is 1.38. The van der Waals surface area contributed by atoms with Crippen molar-refractivity contribution >= 4 is 19.2 Å². The van der Waals surface area contributed by atoms with Crippen molar-refractivity contribution < 1.29 is 23.6 Å². The first-order valence-corrected chi connectivity index (χ1v) is 8.62. The van der Waals surface area contributed by atoms with Crippen molar-refractivity contribution in [2.75, 3.05) is 27.8 Å². The molecule has 0 spiro atoms. The maximum atomic E-state index is 11.7. The number of esters is 1. The van der Waals surface area contributed by atoms with Gasteiger partial charge in [-0.3, -0.25) is 0 Å². The van der Waals surface area contributed by atoms with Gasteiger partial charge in [-0.2, -0.15) is 0 Å². The average Bonchev–Trinajstić information content (AvgIpc) is 2.81. The fourth-order valence-corrected chi connectivity index (χ4v) is 2.68. The van der Waals surface area contributed by atoms with E-state index in [1.54, 1.807) is 19.2 Å². The molecule has 7 heteroatoms. The van der Waals surface area contributed by atoms with E-state index in [1.165, 1.54) is 7.11 Å². The molecule has 0 aliphatic carbocycles. The molecule has 0 bridgehead atoms. The third kappa shape index (κ3) is 4.11. The van der Waals surface area contributed by atoms with E-state index in [-0.39, 0.29) is 0 Å². The van der Waals surface area contributed by atoms with E-state index >= 15 is 0 Å². The van der Waals surface area contributed by atoms with E-state index < -0.39 is 24.3 Å². The van der Waals surface area contributed by atoms with Crippen molar-refractivity contribution in [3.8, 4) is 5.75 Å². The highest BCUT2D eigenvalue weighted by Gasteiger charge is 2.52. The molecule has 142 valence electrons. The molecule has 1 aromatic carbocycles. The van der Waals surface area contributed by atoms with Crippen LogP contribution in [0.3, 0.4) is 0 Å². The molecule has 6 nitrogen and oxygen atoms in total. The third-order valence-corrected chi connectivity index (χ3v) is 4.93. The Labute approximate surface area is 156 Å². The Kier molecular flexibility index (Phi) is 6.16. The van der Waals surface area contributed by atoms with Gasteiger partial charge in [-0.1, -0.05) is 12.1 Å². The summed E-state index contributed by atoms with van der Waals surface area (Å²) in [5, 5.41) is 3.15. The zero-order valence-electron chi connectivity index (χ0n) is 16.6. The fourth-order valence-electron chi connectivity index (χ4n) is 2.68. The van der Waals surface area contributed by atoms with Crippen molar-refractivity contribution in [2.45, 2.75) is 38.9 Å². The van der Waals surface area contributed by atoms with Crippen LogP contribution in [-0.2, 0) is 14.0 Å². The standard InChI is InChI=1S/C19H28BNO5/c1-18(2)19(3,4)26-20(25-18)15(12-21-5)10-13-8-9-14(17(22)24-7)11-16(13)23-6/h8-11,21H,12H2,1-7H3. The number of carbonyl (C=O) groups excluding carboxylic acids is 1. The number of hydrogen-bond acceptors (Lipinski definition) is 6. The number of likely N-dealkylation sites (N-methyl/N-ethyl adjacent to an activating group) is 1. The van der Waals surface area contributed by atoms with E-state index in [2.05, 4.69) is 5.32 Å². The molecule has 1 aromatic rings. The van der Waals surface area contributed by atoms with E-state index in [9.17, 15) is 4.79 Å². The molecule has 26 heavy (non-hydrogen) atoms. The van der Waals surface area contributed by atoms with Crippen LogP contribution in [0.1, 0.15) is 43.6 Å². The molecule has 1 heterocycles. The molecule has 0 amide bonds. The molecule has 1 N–H and O–H groups in total. The summed E-state index contributed by atoms with van der Waals surface area (Å²) < 4.78 is 22.5. The Bertz CT molecular complexity index is 683. The van der Waals surface area contributed by atoms with Crippen LogP contribution in [0, 0.1) is 0 Å². The first kappa shape index (κ1) is 20.5. The van der Waals surface area contributed by atoms with Crippen LogP contribution >= 0.6 is 0 Å². The second kappa shape index (κ2) is 7.82. The van der Waals surface area contributed by atoms with Crippen molar-refractivity contribution in [3.63, 3.8) is 0 Å². The largest absolute Gasteiger partial charge is 0.496 e. The minimum absolute atomic E-state index is 0.403. The van der Waals surface area contributed by atoms with Crippen LogP contribution in [0.2, 0.25) is 0 Å². The number of hydrogen-bond donors (Lipinski definition) is 1. The molecule has 0 radical (unpaired) electrons. The van der Waals surface area contributed by atoms with Gasteiger partial charge in [0.2, 0.25) is 0 Å². The molecule has 1 saturated heterocycles. The third-order valence-electron chi connectivity index (χ3n) is 4.93. The smallest absolute Gasteiger partial charge is 0.491 e. The van der Waals surface area contributed by atoms with Gasteiger partial charge in [-0.15, -0.1) is 0 Å². The maximum Gasteiger partial charge on any atom is 0.491 e. The lowest BCUT2D eigenvalue weighted by Crippen LogP contribution is -2.41. The number of methoxy groups -OCH3 is 2. The minimum Gasteiger partial charge on any atom is -0.496 e. The van der Waals surface area contributed by atoms with Crippen LogP contribution < -0.4 is 10.1 Å². The highest BCUT2D eigenvalue weighted by molar-refractivity contribution is 6.56. The number of nitrogens with one attached hydrogen (secondary N) is 1. The van der Waals surface area contributed by atoms with Gasteiger partial charge in [-0.05, 0) is 52.3 Å². The Morgan fingerprint density at radius 2 is 1.81 bits per heavy atom. The second-order valence-electron chi connectivity index (χ2n) is 7.29. The summed E-state index contributed by atoms with van der Waals surface area (Å²) >= 11 is 0. The fraction of sp³-hybridized carbons (Fsp3) is 0.526. The van der Waals surface area contributed by atoms with Crippen LogP contribution in [0.25, 0.3) is 6.08 Å². The molecule has 1 aliphatic rings. The minimum atomic E-state index is -0.461. The average molecular weight is 361 g/mol. The summed E-state index contributed by atoms with van der Waals surface area (Å²) in [6.07, 6.45) is 1.97. The van der Waals surface area contributed by atoms with Crippen molar-refractivity contribution in [1.29, 1.82) is 0 Å². The van der Waals surface area contributed by atoms with Crippen LogP contribution in [0.5, 0.6) is 5.75 Å². The lowest BCUT2D eigenvalue weighted by Gasteiger charge is -2.32. The van der Waals surface area contributed by atoms with E-state index in [4.69, 9.17) is 18.8 Å². The predicted octanol–water partition coefficient (Wildman–Crippen LogP) is 2.72. The van der Waals surface area contributed by atoms with Crippen LogP contribution in [-0.4, -0.2) is 52.1 Å². The Morgan fingerprint density at radius 1 is 1.19 bits per heavy atom. The zero-order chi connectivity index (χ0) is 19.5. The summed E-state index contributed by atoms with van der Waals surface area (Å²) in [6.45, 7) is 8.69. The summed E-state index contributed by atoms with van der Waals surface area (Å²) in [6, 6.07) is 5.20. The first-order chi connectivity index (χ1) is 12.1. The van der Waals surface area contributed by atoms with E-state index in [0.29, 0.717) is 17.9 Å². The molecule has 1 aliphatic heterocycles. The van der Waals surface area contributed by atoms with Gasteiger partial charge < -0.3 is 24.1 Å². The maximum absolute atomic E-state index is 11.7. The number of ether oxygens (including phenoxy) is 2. The van der Waals surface area contributed by atoms with Crippen molar-refractivity contribution in [1.82, 2.24) is 5.32 Å². The monoisotopic (exact) mass is 361 g/mol. The lowest BCUT2D eigenvalue weighted by atomic mass is 9.77. The quantitative estimate of drug-likeness (QED) is 0.621. The van der Waals surface area contributed by atoms with Crippen LogP contribution in [0.4, 0.5) is 0 Å². The summed E-state index contributed by atoms with van der Waals surface area (Å²) in [4.78, 5) is 11.7. The zero-order valence-corrected chi connectivity index (χ0v) is 16.6. The van der Waals surface area contributed by atoms with E-state index in [0.717, 1.165) is 11.0 Å². The van der Waals surface area contributed by atoms with Gasteiger partial charge in [0.05, 0.1) is 31.0 Å². The Balaban J connectivity index is 2.39. The molecular weight excluding hydrogens is 333 g/mol. The van der Waals surface area contributed by atoms with Gasteiger partial charge >= 0.3 is 13.1 Å². The van der Waals surface area contributed by atoms with Gasteiger partial charge in [0, 0.05) is 12.1 Å². The molecule has 2 rings (SSSR count). The molecule has 0 atom stereocenters. The van der Waals surface area contributed by atoms with Crippen molar-refractivity contribution in [3.05, 3.63) is 34.8 Å². The molecular formula is C19H28BNO5. The number of benzene rings is 1. The van der Waals surface area contributed by atoms with Gasteiger partial charge in [0.1, 0.15) is 5.75 Å². The molecule has 0 unspecified atom stereocenters. The van der Waals surface area contributed by atoms with Crippen LogP contribution in [0.15, 0.2) is 23.7 Å². The molecule has 1 fully saturated rings. The summed E-state index contributed by atoms with van der Waals surface area (Å²) in [7, 11) is 4.33. The van der Waals surface area contributed by atoms with Crippen molar-refractivity contribution in [2.24, 2.45) is 0 Å². The highest BCUT2D eigenvalue weighted by atomic mass is 16.7. The Morgan fingerprint density at radius 3 is 2.31 bits per heavy atom. The predicted molar refractivity (Wildman–Crippen MR) is 102 cm³/mol. The van der Waals surface area contributed by atoms with E-state index in [1.807, 2.05) is 46.9 Å². The first-order valence-electron chi connectivity index (χ1n) is 8.62. The second-order valence-corrected chi connectivity index (χ2v) is 7.29. The normalized spacial score (nSPS) is 18.7. The van der Waals surface area contributed by atoms with Gasteiger partial charge in [0.25, 0.3) is 0 Å².